The Morgan fingerprint density at radius 2 is 1.86 bits per heavy atom. The highest BCUT2D eigenvalue weighted by molar-refractivity contribution is 5.98. The van der Waals surface area contributed by atoms with Gasteiger partial charge in [-0.15, -0.1) is 0 Å². The van der Waals surface area contributed by atoms with E-state index < -0.39 is 0 Å². The van der Waals surface area contributed by atoms with Crippen molar-refractivity contribution in [1.29, 1.82) is 0 Å². The molecular formula is C23H29N3O2. The van der Waals surface area contributed by atoms with Crippen LogP contribution in [0.4, 0.5) is 5.69 Å². The minimum atomic E-state index is -0.0386. The Bertz CT molecular complexity index is 807. The lowest BCUT2D eigenvalue weighted by Crippen LogP contribution is -2.58. The summed E-state index contributed by atoms with van der Waals surface area (Å²) in [5.74, 6) is -0.0574. The highest BCUT2D eigenvalue weighted by Crippen LogP contribution is 2.28. The van der Waals surface area contributed by atoms with E-state index >= 15 is 0 Å². The van der Waals surface area contributed by atoms with Gasteiger partial charge in [-0.2, -0.15) is 0 Å². The van der Waals surface area contributed by atoms with E-state index in [1.54, 1.807) is 4.90 Å². The molecule has 0 spiro atoms. The first-order valence-electron chi connectivity index (χ1n) is 10.1. The van der Waals surface area contributed by atoms with E-state index in [0.29, 0.717) is 19.5 Å². The molecule has 5 heteroatoms. The molecule has 1 atom stereocenters. The molecule has 3 rings (SSSR count). The number of hydrogen-bond donors (Lipinski definition) is 1. The van der Waals surface area contributed by atoms with Crippen molar-refractivity contribution in [3.8, 4) is 11.1 Å². The van der Waals surface area contributed by atoms with E-state index in [0.717, 1.165) is 36.1 Å². The molecule has 5 nitrogen and oxygen atoms in total. The van der Waals surface area contributed by atoms with Gasteiger partial charge in [-0.1, -0.05) is 62.2 Å². The minimum absolute atomic E-state index is 0.0189. The van der Waals surface area contributed by atoms with Crippen LogP contribution in [0.5, 0.6) is 0 Å². The zero-order chi connectivity index (χ0) is 19.9. The summed E-state index contributed by atoms with van der Waals surface area (Å²) in [6, 6.07) is 18.2. The monoisotopic (exact) mass is 379 g/mol. The lowest BCUT2D eigenvalue weighted by Gasteiger charge is -2.41. The van der Waals surface area contributed by atoms with E-state index in [9.17, 15) is 9.59 Å². The Hall–Kier alpha value is -2.66. The van der Waals surface area contributed by atoms with Gasteiger partial charge in [0.25, 0.3) is 0 Å². The largest absolute Gasteiger partial charge is 0.330 e. The van der Waals surface area contributed by atoms with Crippen LogP contribution in [0.2, 0.25) is 0 Å². The molecule has 2 aromatic rings. The van der Waals surface area contributed by atoms with Gasteiger partial charge in [0.05, 0.1) is 6.04 Å². The van der Waals surface area contributed by atoms with Gasteiger partial charge in [0, 0.05) is 25.2 Å². The van der Waals surface area contributed by atoms with Crippen LogP contribution in [0.15, 0.2) is 54.6 Å². The predicted molar refractivity (Wildman–Crippen MR) is 113 cm³/mol. The summed E-state index contributed by atoms with van der Waals surface area (Å²) in [6.45, 7) is 3.12. The zero-order valence-corrected chi connectivity index (χ0v) is 16.5. The molecule has 0 radical (unpaired) electrons. The van der Waals surface area contributed by atoms with Gasteiger partial charge >= 0.3 is 0 Å². The second-order valence-corrected chi connectivity index (χ2v) is 7.28. The second kappa shape index (κ2) is 9.51. The van der Waals surface area contributed by atoms with Crippen molar-refractivity contribution < 1.29 is 9.59 Å². The Morgan fingerprint density at radius 1 is 1.11 bits per heavy atom. The Morgan fingerprint density at radius 3 is 2.57 bits per heavy atom. The molecule has 2 aromatic carbocycles. The summed E-state index contributed by atoms with van der Waals surface area (Å²) in [6.07, 6.45) is 3.28. The molecule has 0 aliphatic carbocycles. The van der Waals surface area contributed by atoms with Crippen LogP contribution in [0.1, 0.15) is 32.6 Å². The zero-order valence-electron chi connectivity index (χ0n) is 16.5. The first kappa shape index (κ1) is 20.1. The number of carbonyl (C=O) groups excluding carboxylic acids is 2. The molecule has 0 bridgehead atoms. The highest BCUT2D eigenvalue weighted by Gasteiger charge is 2.34. The van der Waals surface area contributed by atoms with Crippen LogP contribution in [0.3, 0.4) is 0 Å². The molecule has 1 heterocycles. The lowest BCUT2D eigenvalue weighted by atomic mass is 10.0. The first-order chi connectivity index (χ1) is 13.6. The van der Waals surface area contributed by atoms with Crippen LogP contribution < -0.4 is 10.6 Å². The van der Waals surface area contributed by atoms with Crippen LogP contribution in [0.25, 0.3) is 11.1 Å². The number of benzene rings is 2. The molecule has 1 fully saturated rings. The number of carbonyl (C=O) groups is 2. The van der Waals surface area contributed by atoms with Crippen molar-refractivity contribution in [1.82, 2.24) is 4.90 Å². The maximum atomic E-state index is 12.9. The van der Waals surface area contributed by atoms with Gasteiger partial charge in [-0.25, -0.2) is 0 Å². The quantitative estimate of drug-likeness (QED) is 0.801. The van der Waals surface area contributed by atoms with E-state index in [4.69, 9.17) is 5.73 Å². The number of piperazine rings is 1. The molecule has 1 saturated heterocycles. The maximum Gasteiger partial charge on any atom is 0.246 e. The normalized spacial score (nSPS) is 17.1. The summed E-state index contributed by atoms with van der Waals surface area (Å²) >= 11 is 0. The third kappa shape index (κ3) is 4.60. The average molecular weight is 380 g/mol. The van der Waals surface area contributed by atoms with Gasteiger partial charge < -0.3 is 15.5 Å². The number of amides is 2. The summed E-state index contributed by atoms with van der Waals surface area (Å²) in [5.41, 5.74) is 8.65. The molecule has 28 heavy (non-hydrogen) atoms. The average Bonchev–Trinajstić information content (AvgIpc) is 2.73. The Labute approximate surface area is 167 Å². The molecule has 2 amide bonds. The van der Waals surface area contributed by atoms with Gasteiger partial charge in [0.2, 0.25) is 11.8 Å². The second-order valence-electron chi connectivity index (χ2n) is 7.28. The Balaban J connectivity index is 1.84. The van der Waals surface area contributed by atoms with E-state index in [1.165, 1.54) is 0 Å². The minimum Gasteiger partial charge on any atom is -0.330 e. The van der Waals surface area contributed by atoms with Crippen molar-refractivity contribution in [2.45, 2.75) is 38.6 Å². The fraction of sp³-hybridized carbons (Fsp3) is 0.391. The van der Waals surface area contributed by atoms with Gasteiger partial charge in [-0.05, 0) is 29.7 Å². The lowest BCUT2D eigenvalue weighted by molar-refractivity contribution is -0.139. The molecular weight excluding hydrogens is 350 g/mol. The number of nitrogens with two attached hydrogens (primary N) is 1. The number of unbranched alkanes of at least 4 members (excludes halogenated alkanes) is 1. The third-order valence-electron chi connectivity index (χ3n) is 5.28. The smallest absolute Gasteiger partial charge is 0.246 e. The number of hydrogen-bond acceptors (Lipinski definition) is 3. The maximum absolute atomic E-state index is 12.9. The van der Waals surface area contributed by atoms with E-state index in [-0.39, 0.29) is 24.4 Å². The number of anilines is 1. The molecule has 1 aliphatic rings. The van der Waals surface area contributed by atoms with Crippen LogP contribution in [0, 0.1) is 0 Å². The fourth-order valence-corrected chi connectivity index (χ4v) is 3.75. The van der Waals surface area contributed by atoms with Crippen molar-refractivity contribution in [3.05, 3.63) is 54.6 Å². The summed E-state index contributed by atoms with van der Waals surface area (Å²) in [5, 5.41) is 0. The predicted octanol–water partition coefficient (Wildman–Crippen LogP) is 3.44. The molecule has 0 saturated carbocycles. The summed E-state index contributed by atoms with van der Waals surface area (Å²) in [7, 11) is 0. The third-order valence-corrected chi connectivity index (χ3v) is 5.28. The van der Waals surface area contributed by atoms with Gasteiger partial charge in [0.1, 0.15) is 6.54 Å². The molecule has 0 aromatic heterocycles. The van der Waals surface area contributed by atoms with Crippen molar-refractivity contribution in [2.75, 3.05) is 24.5 Å². The molecule has 1 unspecified atom stereocenters. The standard InChI is InChI=1S/C23H29N3O2/c1-2-3-11-21-16-25(23(28)17-26(21)22(27)13-14-24)20-12-7-10-19(15-20)18-8-5-4-6-9-18/h4-10,12,15,21H,2-3,11,13-14,16-17,24H2,1H3. The van der Waals surface area contributed by atoms with Crippen molar-refractivity contribution in [2.24, 2.45) is 5.73 Å². The fourth-order valence-electron chi connectivity index (χ4n) is 3.75. The highest BCUT2D eigenvalue weighted by atomic mass is 16.2. The topological polar surface area (TPSA) is 66.6 Å². The van der Waals surface area contributed by atoms with E-state index in [1.807, 2.05) is 35.2 Å². The summed E-state index contributed by atoms with van der Waals surface area (Å²) < 4.78 is 0. The van der Waals surface area contributed by atoms with Crippen molar-refractivity contribution >= 4 is 17.5 Å². The Kier molecular flexibility index (Phi) is 6.82. The number of rotatable bonds is 7. The van der Waals surface area contributed by atoms with Crippen LogP contribution >= 0.6 is 0 Å². The van der Waals surface area contributed by atoms with E-state index in [2.05, 4.69) is 31.2 Å². The van der Waals surface area contributed by atoms with Crippen molar-refractivity contribution in [3.63, 3.8) is 0 Å². The van der Waals surface area contributed by atoms with Gasteiger partial charge in [0.15, 0.2) is 0 Å². The number of nitrogens with zero attached hydrogens (tertiary/aromatic N) is 2. The SMILES string of the molecule is CCCCC1CN(c2cccc(-c3ccccc3)c2)C(=O)CN1C(=O)CCN. The first-order valence-corrected chi connectivity index (χ1v) is 10.1. The van der Waals surface area contributed by atoms with Crippen LogP contribution in [-0.2, 0) is 9.59 Å². The van der Waals surface area contributed by atoms with Crippen LogP contribution in [-0.4, -0.2) is 42.4 Å². The van der Waals surface area contributed by atoms with Gasteiger partial charge in [-0.3, -0.25) is 9.59 Å². The molecule has 148 valence electrons. The molecule has 2 N–H and O–H groups in total. The molecule has 1 aliphatic heterocycles. The summed E-state index contributed by atoms with van der Waals surface area (Å²) in [4.78, 5) is 28.9.